The molecule has 0 spiro atoms. The zero-order valence-corrected chi connectivity index (χ0v) is 10.9. The van der Waals surface area contributed by atoms with Crippen molar-refractivity contribution in [3.8, 4) is 0 Å². The molecule has 6 N–H and O–H groups in total. The Morgan fingerprint density at radius 2 is 1.65 bits per heavy atom. The van der Waals surface area contributed by atoms with Crippen LogP contribution >= 0.6 is 0 Å². The van der Waals surface area contributed by atoms with Crippen LogP contribution in [0.5, 0.6) is 0 Å². The van der Waals surface area contributed by atoms with Crippen molar-refractivity contribution >= 4 is 7.12 Å². The highest BCUT2D eigenvalue weighted by molar-refractivity contribution is 6.40. The van der Waals surface area contributed by atoms with E-state index in [0.29, 0.717) is 12.9 Å². The van der Waals surface area contributed by atoms with Crippen LogP contribution in [0.3, 0.4) is 0 Å². The summed E-state index contributed by atoms with van der Waals surface area (Å²) in [6.45, 7) is 2.88. The summed E-state index contributed by atoms with van der Waals surface area (Å²) in [5.41, 5.74) is 5.27. The average molecular weight is 249 g/mol. The Morgan fingerprint density at radius 1 is 1.06 bits per heavy atom. The lowest BCUT2D eigenvalue weighted by molar-refractivity contribution is 0.142. The van der Waals surface area contributed by atoms with E-state index in [4.69, 9.17) is 26.0 Å². The van der Waals surface area contributed by atoms with Crippen molar-refractivity contribution in [1.82, 2.24) is 0 Å². The summed E-state index contributed by atoms with van der Waals surface area (Å²) in [5, 5.41) is 33.7. The molecular formula is C11H28BNO4. The first kappa shape index (κ1) is 19.2. The third-order valence-corrected chi connectivity index (χ3v) is 2.40. The monoisotopic (exact) mass is 249 g/mol. The molecule has 5 nitrogen and oxygen atoms in total. The van der Waals surface area contributed by atoms with Gasteiger partial charge >= 0.3 is 7.12 Å². The quantitative estimate of drug-likeness (QED) is 0.291. The minimum absolute atomic E-state index is 0.0616. The van der Waals surface area contributed by atoms with Crippen LogP contribution in [0.25, 0.3) is 0 Å². The zero-order chi connectivity index (χ0) is 13.5. The maximum atomic E-state index is 8.63. The van der Waals surface area contributed by atoms with Gasteiger partial charge in [-0.25, -0.2) is 0 Å². The lowest BCUT2D eigenvalue weighted by Gasteiger charge is -2.08. The summed E-state index contributed by atoms with van der Waals surface area (Å²) in [7, 11) is -1.10. The Balaban J connectivity index is 0. The normalized spacial score (nSPS) is 10.1. The van der Waals surface area contributed by atoms with Gasteiger partial charge in [0.2, 0.25) is 0 Å². The molecule has 0 aliphatic heterocycles. The summed E-state index contributed by atoms with van der Waals surface area (Å²) in [6, 6.07) is 0. The van der Waals surface area contributed by atoms with Crippen molar-refractivity contribution in [3.05, 3.63) is 0 Å². The highest BCUT2D eigenvalue weighted by atomic mass is 16.4. The summed E-state index contributed by atoms with van der Waals surface area (Å²) in [4.78, 5) is 0. The fourth-order valence-electron chi connectivity index (χ4n) is 1.20. The first-order valence-corrected chi connectivity index (χ1v) is 6.40. The fourth-order valence-corrected chi connectivity index (χ4v) is 1.20. The summed E-state index contributed by atoms with van der Waals surface area (Å²) < 4.78 is 0. The highest BCUT2D eigenvalue weighted by Crippen LogP contribution is 2.05. The number of rotatable bonds is 9. The van der Waals surface area contributed by atoms with Gasteiger partial charge < -0.3 is 26.0 Å². The first-order valence-electron chi connectivity index (χ1n) is 6.40. The largest absolute Gasteiger partial charge is 0.451 e. The van der Waals surface area contributed by atoms with Crippen molar-refractivity contribution < 1.29 is 20.3 Å². The fraction of sp³-hybridized carbons (Fsp3) is 1.00. The highest BCUT2D eigenvalue weighted by Gasteiger charge is 2.03. The van der Waals surface area contributed by atoms with E-state index in [-0.39, 0.29) is 19.1 Å². The maximum absolute atomic E-state index is 8.63. The lowest BCUT2D eigenvalue weighted by Crippen LogP contribution is -2.11. The first-order chi connectivity index (χ1) is 8.12. The predicted octanol–water partition coefficient (Wildman–Crippen LogP) is -0.0245. The van der Waals surface area contributed by atoms with E-state index < -0.39 is 7.12 Å². The van der Waals surface area contributed by atoms with Gasteiger partial charge in [0.1, 0.15) is 0 Å². The van der Waals surface area contributed by atoms with Crippen molar-refractivity contribution in [2.75, 3.05) is 19.8 Å². The van der Waals surface area contributed by atoms with Gasteiger partial charge in [-0.05, 0) is 25.7 Å². The number of unbranched alkanes of at least 4 members (excludes halogenated alkanes) is 2. The van der Waals surface area contributed by atoms with Gasteiger partial charge in [0.15, 0.2) is 0 Å². The Hall–Kier alpha value is -0.135. The number of aliphatic hydroxyl groups excluding tert-OH is 2. The Bertz CT molecular complexity index is 135. The second-order valence-corrected chi connectivity index (χ2v) is 4.14. The molecule has 0 radical (unpaired) electrons. The van der Waals surface area contributed by atoms with Gasteiger partial charge in [-0.15, -0.1) is 0 Å². The van der Waals surface area contributed by atoms with Crippen LogP contribution in [0.4, 0.5) is 0 Å². The van der Waals surface area contributed by atoms with Crippen LogP contribution in [0.15, 0.2) is 0 Å². The molecule has 0 amide bonds. The molecule has 0 unspecified atom stereocenters. The summed E-state index contributed by atoms with van der Waals surface area (Å²) in [5.74, 6) is 0.0616. The molecule has 0 saturated heterocycles. The molecule has 6 heteroatoms. The van der Waals surface area contributed by atoms with E-state index in [1.807, 2.05) is 6.92 Å². The molecule has 0 aromatic heterocycles. The van der Waals surface area contributed by atoms with E-state index in [2.05, 4.69) is 0 Å². The van der Waals surface area contributed by atoms with Gasteiger partial charge in [0.05, 0.1) is 0 Å². The second kappa shape index (κ2) is 15.9. The molecule has 17 heavy (non-hydrogen) atoms. The predicted molar refractivity (Wildman–Crippen MR) is 70.5 cm³/mol. The molecule has 0 aliphatic carbocycles. The van der Waals surface area contributed by atoms with Gasteiger partial charge in [-0.3, -0.25) is 0 Å². The van der Waals surface area contributed by atoms with E-state index in [1.54, 1.807) is 0 Å². The van der Waals surface area contributed by atoms with Crippen LogP contribution in [-0.2, 0) is 0 Å². The Labute approximate surface area is 105 Å². The van der Waals surface area contributed by atoms with Crippen molar-refractivity contribution in [1.29, 1.82) is 0 Å². The van der Waals surface area contributed by atoms with Crippen LogP contribution in [-0.4, -0.2) is 47.1 Å². The van der Waals surface area contributed by atoms with Crippen LogP contribution in [0, 0.1) is 5.92 Å². The molecule has 0 aliphatic rings. The minimum atomic E-state index is -1.10. The molecule has 0 bridgehead atoms. The number of hydrogen-bond donors (Lipinski definition) is 5. The molecule has 0 rings (SSSR count). The Kier molecular flexibility index (Phi) is 17.9. The number of nitrogens with two attached hydrogens (primary N) is 1. The Morgan fingerprint density at radius 3 is 1.94 bits per heavy atom. The molecule has 0 heterocycles. The van der Waals surface area contributed by atoms with E-state index >= 15 is 0 Å². The van der Waals surface area contributed by atoms with Gasteiger partial charge in [-0.2, -0.15) is 0 Å². The van der Waals surface area contributed by atoms with E-state index in [0.717, 1.165) is 32.1 Å². The van der Waals surface area contributed by atoms with E-state index in [1.165, 1.54) is 0 Å². The molecular weight excluding hydrogens is 221 g/mol. The van der Waals surface area contributed by atoms with Crippen LogP contribution < -0.4 is 5.73 Å². The zero-order valence-electron chi connectivity index (χ0n) is 10.9. The summed E-state index contributed by atoms with van der Waals surface area (Å²) >= 11 is 0. The van der Waals surface area contributed by atoms with Gasteiger partial charge in [0, 0.05) is 19.1 Å². The smallest absolute Gasteiger partial charge is 0.427 e. The second-order valence-electron chi connectivity index (χ2n) is 4.14. The third-order valence-electron chi connectivity index (χ3n) is 2.40. The topological polar surface area (TPSA) is 107 Å². The molecule has 0 saturated carbocycles. The summed E-state index contributed by atoms with van der Waals surface area (Å²) in [6.07, 6.45) is 5.30. The van der Waals surface area contributed by atoms with E-state index in [9.17, 15) is 0 Å². The SMILES string of the molecule is CCCCB(O)O.NCCCCC(CO)CO. The standard InChI is InChI=1S/C7H17NO2.C4H11BO2/c8-4-2-1-3-7(5-9)6-10;1-2-3-4-5(6)7/h7,9-10H,1-6,8H2;6-7H,2-4H2,1H3. The molecule has 0 atom stereocenters. The molecule has 0 aromatic carbocycles. The van der Waals surface area contributed by atoms with Crippen molar-refractivity contribution in [3.63, 3.8) is 0 Å². The number of hydrogen-bond acceptors (Lipinski definition) is 5. The molecule has 0 fully saturated rings. The van der Waals surface area contributed by atoms with Crippen LogP contribution in [0.2, 0.25) is 6.32 Å². The van der Waals surface area contributed by atoms with Gasteiger partial charge in [-0.1, -0.05) is 26.2 Å². The van der Waals surface area contributed by atoms with Crippen molar-refractivity contribution in [2.24, 2.45) is 11.7 Å². The van der Waals surface area contributed by atoms with Crippen LogP contribution in [0.1, 0.15) is 39.0 Å². The average Bonchev–Trinajstić information content (AvgIpc) is 2.33. The molecule has 0 aromatic rings. The minimum Gasteiger partial charge on any atom is -0.427 e. The number of aliphatic hydroxyl groups is 2. The lowest BCUT2D eigenvalue weighted by atomic mass is 9.84. The molecule has 104 valence electrons. The van der Waals surface area contributed by atoms with Crippen molar-refractivity contribution in [2.45, 2.75) is 45.3 Å². The van der Waals surface area contributed by atoms with Gasteiger partial charge in [0.25, 0.3) is 0 Å². The third kappa shape index (κ3) is 18.4. The maximum Gasteiger partial charge on any atom is 0.451 e.